The molecule has 1 aliphatic rings. The fourth-order valence-electron chi connectivity index (χ4n) is 3.57. The van der Waals surface area contributed by atoms with Gasteiger partial charge in [0.05, 0.1) is 35.5 Å². The number of methoxy groups -OCH3 is 5. The molecule has 1 amide bonds. The minimum atomic E-state index is -0.169. The summed E-state index contributed by atoms with van der Waals surface area (Å²) >= 11 is 0. The molecule has 7 nitrogen and oxygen atoms in total. The molecule has 30 heavy (non-hydrogen) atoms. The molecule has 0 spiro atoms. The summed E-state index contributed by atoms with van der Waals surface area (Å²) in [5.41, 5.74) is 3.17. The third-order valence-corrected chi connectivity index (χ3v) is 5.19. The van der Waals surface area contributed by atoms with Crippen molar-refractivity contribution in [3.8, 4) is 28.7 Å². The van der Waals surface area contributed by atoms with E-state index in [4.69, 9.17) is 23.7 Å². The quantitative estimate of drug-likeness (QED) is 0.637. The molecule has 0 bridgehead atoms. The van der Waals surface area contributed by atoms with Crippen LogP contribution >= 0.6 is 0 Å². The standard InChI is InChI=1S/C23H27NO6/c1-26-18-11-15-10-16(17(15)12-19(18)27-2)13-24-22(25)7-6-14-8-20(28-3)23(30-5)21(9-14)29-4/h6-9,11-12,16H,10,13H2,1-5H3,(H,24,25)/b7-6+/t16-/m1/s1. The Morgan fingerprint density at radius 1 is 0.900 bits per heavy atom. The normalized spacial score (nSPS) is 14.5. The molecule has 2 aromatic carbocycles. The number of ether oxygens (including phenoxy) is 5. The van der Waals surface area contributed by atoms with Gasteiger partial charge in [-0.3, -0.25) is 4.79 Å². The second-order valence-electron chi connectivity index (χ2n) is 6.84. The highest BCUT2D eigenvalue weighted by Gasteiger charge is 2.28. The van der Waals surface area contributed by atoms with Crippen molar-refractivity contribution in [3.05, 3.63) is 47.0 Å². The van der Waals surface area contributed by atoms with E-state index >= 15 is 0 Å². The fourth-order valence-corrected chi connectivity index (χ4v) is 3.57. The van der Waals surface area contributed by atoms with Gasteiger partial charge in [0.1, 0.15) is 0 Å². The van der Waals surface area contributed by atoms with Crippen LogP contribution in [0.2, 0.25) is 0 Å². The lowest BCUT2D eigenvalue weighted by Crippen LogP contribution is -2.32. The third kappa shape index (κ3) is 4.30. The van der Waals surface area contributed by atoms with Gasteiger partial charge in [-0.2, -0.15) is 0 Å². The largest absolute Gasteiger partial charge is 0.493 e. The highest BCUT2D eigenvalue weighted by atomic mass is 16.5. The Balaban J connectivity index is 1.63. The van der Waals surface area contributed by atoms with E-state index in [1.807, 2.05) is 12.1 Å². The van der Waals surface area contributed by atoms with Gasteiger partial charge in [-0.05, 0) is 53.5 Å². The highest BCUT2D eigenvalue weighted by Crippen LogP contribution is 2.42. The predicted molar refractivity (Wildman–Crippen MR) is 114 cm³/mol. The Labute approximate surface area is 176 Å². The van der Waals surface area contributed by atoms with Gasteiger partial charge in [0, 0.05) is 18.5 Å². The summed E-state index contributed by atoms with van der Waals surface area (Å²) in [5, 5.41) is 2.96. The summed E-state index contributed by atoms with van der Waals surface area (Å²) in [6.45, 7) is 0.556. The first-order chi connectivity index (χ1) is 14.5. The number of amides is 1. The summed E-state index contributed by atoms with van der Waals surface area (Å²) in [7, 11) is 7.90. The SMILES string of the molecule is COc1cc2c(cc1OC)[C@@H](CNC(=O)/C=C/c1cc(OC)c(OC)c(OC)c1)C2. The van der Waals surface area contributed by atoms with E-state index in [1.54, 1.807) is 53.8 Å². The molecular weight excluding hydrogens is 386 g/mol. The van der Waals surface area contributed by atoms with Gasteiger partial charge in [-0.15, -0.1) is 0 Å². The number of hydrogen-bond donors (Lipinski definition) is 1. The average molecular weight is 413 g/mol. The van der Waals surface area contributed by atoms with Crippen LogP contribution < -0.4 is 29.0 Å². The van der Waals surface area contributed by atoms with Crippen molar-refractivity contribution in [1.82, 2.24) is 5.32 Å². The number of hydrogen-bond acceptors (Lipinski definition) is 6. The summed E-state index contributed by atoms with van der Waals surface area (Å²) in [6, 6.07) is 7.55. The summed E-state index contributed by atoms with van der Waals surface area (Å²) in [4.78, 5) is 12.3. The average Bonchev–Trinajstić information content (AvgIpc) is 2.76. The van der Waals surface area contributed by atoms with E-state index in [-0.39, 0.29) is 11.8 Å². The number of carbonyl (C=O) groups is 1. The molecule has 160 valence electrons. The lowest BCUT2D eigenvalue weighted by atomic mass is 9.77. The molecular formula is C23H27NO6. The van der Waals surface area contributed by atoms with Crippen LogP contribution in [0.15, 0.2) is 30.3 Å². The second-order valence-corrected chi connectivity index (χ2v) is 6.84. The van der Waals surface area contributed by atoms with E-state index in [9.17, 15) is 4.79 Å². The van der Waals surface area contributed by atoms with Crippen LogP contribution in [0, 0.1) is 0 Å². The van der Waals surface area contributed by atoms with Crippen LogP contribution in [0.4, 0.5) is 0 Å². The molecule has 3 rings (SSSR count). The van der Waals surface area contributed by atoms with Crippen LogP contribution in [0.5, 0.6) is 28.7 Å². The molecule has 1 aliphatic carbocycles. The van der Waals surface area contributed by atoms with E-state index in [1.165, 1.54) is 17.2 Å². The minimum Gasteiger partial charge on any atom is -0.493 e. The Morgan fingerprint density at radius 3 is 2.07 bits per heavy atom. The second kappa shape index (κ2) is 9.43. The molecule has 1 N–H and O–H groups in total. The number of rotatable bonds is 9. The first kappa shape index (κ1) is 21.4. The zero-order chi connectivity index (χ0) is 21.7. The van der Waals surface area contributed by atoms with Crippen molar-refractivity contribution in [3.63, 3.8) is 0 Å². The number of fused-ring (bicyclic) bond motifs is 1. The molecule has 0 saturated carbocycles. The lowest BCUT2D eigenvalue weighted by molar-refractivity contribution is -0.116. The highest BCUT2D eigenvalue weighted by molar-refractivity contribution is 5.92. The molecule has 1 atom stereocenters. The fraction of sp³-hybridized carbons (Fsp3) is 0.348. The molecule has 0 heterocycles. The molecule has 0 aliphatic heterocycles. The Morgan fingerprint density at radius 2 is 1.50 bits per heavy atom. The molecule has 0 aromatic heterocycles. The predicted octanol–water partition coefficient (Wildman–Crippen LogP) is 3.20. The molecule has 2 aromatic rings. The van der Waals surface area contributed by atoms with Gasteiger partial charge in [0.2, 0.25) is 11.7 Å². The van der Waals surface area contributed by atoms with Crippen molar-refractivity contribution < 1.29 is 28.5 Å². The minimum absolute atomic E-state index is 0.169. The summed E-state index contributed by atoms with van der Waals surface area (Å²) in [6.07, 6.45) is 4.10. The molecule has 0 fully saturated rings. The maximum absolute atomic E-state index is 12.3. The van der Waals surface area contributed by atoms with Crippen molar-refractivity contribution in [1.29, 1.82) is 0 Å². The monoisotopic (exact) mass is 413 g/mol. The van der Waals surface area contributed by atoms with Gasteiger partial charge in [0.15, 0.2) is 23.0 Å². The van der Waals surface area contributed by atoms with E-state index in [0.717, 1.165) is 17.7 Å². The lowest BCUT2D eigenvalue weighted by Gasteiger charge is -2.31. The van der Waals surface area contributed by atoms with Gasteiger partial charge in [-0.25, -0.2) is 0 Å². The van der Waals surface area contributed by atoms with Crippen LogP contribution in [-0.2, 0) is 11.2 Å². The van der Waals surface area contributed by atoms with E-state index in [2.05, 4.69) is 5.32 Å². The van der Waals surface area contributed by atoms with Crippen LogP contribution in [0.25, 0.3) is 6.08 Å². The molecule has 0 unspecified atom stereocenters. The van der Waals surface area contributed by atoms with Crippen LogP contribution in [-0.4, -0.2) is 48.0 Å². The van der Waals surface area contributed by atoms with E-state index in [0.29, 0.717) is 29.5 Å². The van der Waals surface area contributed by atoms with E-state index < -0.39 is 0 Å². The van der Waals surface area contributed by atoms with Gasteiger partial charge < -0.3 is 29.0 Å². The van der Waals surface area contributed by atoms with Gasteiger partial charge in [0.25, 0.3) is 0 Å². The first-order valence-corrected chi connectivity index (χ1v) is 9.55. The summed E-state index contributed by atoms with van der Waals surface area (Å²) < 4.78 is 26.7. The van der Waals surface area contributed by atoms with Crippen LogP contribution in [0.1, 0.15) is 22.6 Å². The maximum Gasteiger partial charge on any atom is 0.244 e. The summed E-state index contributed by atoms with van der Waals surface area (Å²) in [5.74, 6) is 3.11. The van der Waals surface area contributed by atoms with Crippen molar-refractivity contribution in [2.75, 3.05) is 42.1 Å². The van der Waals surface area contributed by atoms with Crippen LogP contribution in [0.3, 0.4) is 0 Å². The van der Waals surface area contributed by atoms with Crippen molar-refractivity contribution in [2.45, 2.75) is 12.3 Å². The zero-order valence-electron chi connectivity index (χ0n) is 17.9. The molecule has 0 radical (unpaired) electrons. The number of nitrogens with one attached hydrogen (secondary N) is 1. The Hall–Kier alpha value is -3.35. The number of carbonyl (C=O) groups excluding carboxylic acids is 1. The Kier molecular flexibility index (Phi) is 6.72. The zero-order valence-corrected chi connectivity index (χ0v) is 17.9. The van der Waals surface area contributed by atoms with Crippen molar-refractivity contribution >= 4 is 12.0 Å². The van der Waals surface area contributed by atoms with Gasteiger partial charge in [-0.1, -0.05) is 0 Å². The Bertz CT molecular complexity index is 928. The smallest absolute Gasteiger partial charge is 0.244 e. The topological polar surface area (TPSA) is 75.3 Å². The maximum atomic E-state index is 12.3. The number of benzene rings is 2. The first-order valence-electron chi connectivity index (χ1n) is 9.55. The molecule has 0 saturated heterocycles. The van der Waals surface area contributed by atoms with Gasteiger partial charge >= 0.3 is 0 Å². The van der Waals surface area contributed by atoms with Crippen molar-refractivity contribution in [2.24, 2.45) is 0 Å². The third-order valence-electron chi connectivity index (χ3n) is 5.19. The molecule has 7 heteroatoms.